The van der Waals surface area contributed by atoms with Crippen molar-refractivity contribution in [1.82, 2.24) is 20.9 Å². The van der Waals surface area contributed by atoms with Crippen LogP contribution in [0.2, 0.25) is 0 Å². The Morgan fingerprint density at radius 2 is 1.60 bits per heavy atom. The van der Waals surface area contributed by atoms with E-state index in [1.807, 2.05) is 84.9 Å². The van der Waals surface area contributed by atoms with Gasteiger partial charge in [-0.15, -0.1) is 0 Å². The molecule has 1 heterocycles. The van der Waals surface area contributed by atoms with E-state index in [9.17, 15) is 29.1 Å². The van der Waals surface area contributed by atoms with Crippen LogP contribution in [0.25, 0.3) is 11.1 Å². The summed E-state index contributed by atoms with van der Waals surface area (Å²) in [6.45, 7) is 14.1. The average molecular weight is 735 g/mol. The highest BCUT2D eigenvalue weighted by atomic mass is 16.6. The zero-order valence-electron chi connectivity index (χ0n) is 32.6. The summed E-state index contributed by atoms with van der Waals surface area (Å²) in [7, 11) is 1.31. The molecule has 1 unspecified atom stereocenters. The topological polar surface area (TPSA) is 163 Å². The summed E-state index contributed by atoms with van der Waals surface area (Å²) in [5, 5.41) is 18.9. The Morgan fingerprint density at radius 1 is 0.943 bits per heavy atom. The van der Waals surface area contributed by atoms with Crippen LogP contribution in [0, 0.1) is 24.2 Å². The summed E-state index contributed by atoms with van der Waals surface area (Å²) in [4.78, 5) is 65.3. The largest absolute Gasteiger partial charge is 0.467 e. The Labute approximate surface area is 313 Å². The van der Waals surface area contributed by atoms with Gasteiger partial charge in [0.15, 0.2) is 0 Å². The molecule has 12 heteroatoms. The molecule has 0 bridgehead atoms. The Hall–Kier alpha value is -4.61. The number of hydrogen-bond donors (Lipinski definition) is 4. The second-order valence-electron chi connectivity index (χ2n) is 16.6. The molecule has 2 aliphatic rings. The molecule has 4 rings (SSSR count). The van der Waals surface area contributed by atoms with Crippen LogP contribution in [-0.4, -0.2) is 77.5 Å². The van der Waals surface area contributed by atoms with Gasteiger partial charge in [0.25, 0.3) is 5.91 Å². The minimum atomic E-state index is -1.04. The van der Waals surface area contributed by atoms with E-state index >= 15 is 0 Å². The van der Waals surface area contributed by atoms with Crippen LogP contribution in [0.4, 0.5) is 9.59 Å². The maximum atomic E-state index is 13.6. The molecule has 0 aromatic heterocycles. The van der Waals surface area contributed by atoms with E-state index in [0.29, 0.717) is 37.9 Å². The van der Waals surface area contributed by atoms with E-state index in [4.69, 9.17) is 9.47 Å². The van der Waals surface area contributed by atoms with Crippen LogP contribution >= 0.6 is 0 Å². The van der Waals surface area contributed by atoms with Crippen molar-refractivity contribution in [1.29, 1.82) is 0 Å². The molecule has 2 fully saturated rings. The minimum absolute atomic E-state index is 0.178. The van der Waals surface area contributed by atoms with E-state index in [1.54, 1.807) is 6.07 Å². The number of carbonyl (C=O) groups excluding carboxylic acids is 4. The van der Waals surface area contributed by atoms with Crippen molar-refractivity contribution >= 4 is 30.0 Å². The van der Waals surface area contributed by atoms with Gasteiger partial charge in [-0.3, -0.25) is 14.5 Å². The van der Waals surface area contributed by atoms with Gasteiger partial charge in [0.05, 0.1) is 7.11 Å². The molecule has 1 saturated heterocycles. The molecule has 1 saturated carbocycles. The van der Waals surface area contributed by atoms with Crippen molar-refractivity contribution in [3.63, 3.8) is 0 Å². The Bertz CT molecular complexity index is 1640. The number of benzene rings is 2. The number of alkyl carbamates (subject to hydrolysis) is 1. The lowest BCUT2D eigenvalue weighted by Gasteiger charge is -2.53. The molecule has 53 heavy (non-hydrogen) atoms. The second-order valence-corrected chi connectivity index (χ2v) is 16.6. The number of amides is 4. The summed E-state index contributed by atoms with van der Waals surface area (Å²) in [6.07, 6.45) is 3.77. The van der Waals surface area contributed by atoms with Crippen molar-refractivity contribution in [3.05, 3.63) is 59.2 Å². The second kappa shape index (κ2) is 17.0. The molecule has 2 aromatic carbocycles. The number of carbonyl (C=O) groups is 5. The van der Waals surface area contributed by atoms with Gasteiger partial charge in [-0.05, 0) is 113 Å². The molecule has 2 atom stereocenters. The number of methoxy groups -OCH3 is 1. The number of rotatable bonds is 10. The smallest absolute Gasteiger partial charge is 0.409 e. The zero-order valence-corrected chi connectivity index (χ0v) is 32.6. The van der Waals surface area contributed by atoms with Gasteiger partial charge >= 0.3 is 18.2 Å². The van der Waals surface area contributed by atoms with Crippen LogP contribution in [0.5, 0.6) is 0 Å². The summed E-state index contributed by atoms with van der Waals surface area (Å²) in [5.74, 6) is -0.992. The molecule has 0 spiro atoms. The van der Waals surface area contributed by atoms with E-state index in [2.05, 4.69) is 16.0 Å². The first-order chi connectivity index (χ1) is 24.8. The number of piperidine rings is 1. The van der Waals surface area contributed by atoms with E-state index in [1.165, 1.54) is 12.0 Å². The fourth-order valence-corrected chi connectivity index (χ4v) is 7.57. The predicted octanol–water partition coefficient (Wildman–Crippen LogP) is 6.83. The fraction of sp³-hybridized carbons (Fsp3) is 0.585. The number of nitrogens with zero attached hydrogens (tertiary/aromatic N) is 1. The van der Waals surface area contributed by atoms with Gasteiger partial charge in [-0.25, -0.2) is 14.4 Å². The first-order valence-corrected chi connectivity index (χ1v) is 18.7. The van der Waals surface area contributed by atoms with Gasteiger partial charge in [0.1, 0.15) is 17.3 Å². The maximum absolute atomic E-state index is 13.6. The quantitative estimate of drug-likeness (QED) is 0.193. The van der Waals surface area contributed by atoms with Crippen LogP contribution in [0.1, 0.15) is 108 Å². The van der Waals surface area contributed by atoms with Crippen molar-refractivity contribution in [2.24, 2.45) is 17.3 Å². The number of aryl methyl sites for hydroxylation is 1. The predicted molar refractivity (Wildman–Crippen MR) is 202 cm³/mol. The Morgan fingerprint density at radius 3 is 2.17 bits per heavy atom. The number of esters is 1. The van der Waals surface area contributed by atoms with Crippen LogP contribution in [0.3, 0.4) is 0 Å². The fourth-order valence-electron chi connectivity index (χ4n) is 7.57. The van der Waals surface area contributed by atoms with E-state index in [-0.39, 0.29) is 30.1 Å². The third-order valence-electron chi connectivity index (χ3n) is 10.6. The number of carboxylic acid groups (broad SMARTS) is 1. The van der Waals surface area contributed by atoms with Crippen molar-refractivity contribution in [3.8, 4) is 11.1 Å². The van der Waals surface area contributed by atoms with Crippen molar-refractivity contribution in [2.45, 2.75) is 117 Å². The number of ether oxygens (including phenoxy) is 2. The normalized spacial score (nSPS) is 21.2. The lowest BCUT2D eigenvalue weighted by atomic mass is 9.74. The van der Waals surface area contributed by atoms with Crippen molar-refractivity contribution in [2.75, 3.05) is 20.2 Å². The van der Waals surface area contributed by atoms with Crippen molar-refractivity contribution < 1.29 is 38.6 Å². The summed E-state index contributed by atoms with van der Waals surface area (Å²) < 4.78 is 10.4. The van der Waals surface area contributed by atoms with Gasteiger partial charge in [0.2, 0.25) is 5.91 Å². The number of likely N-dealkylation sites (tertiary alicyclic amines) is 1. The molecule has 290 valence electrons. The van der Waals surface area contributed by atoms with Gasteiger partial charge in [-0.2, -0.15) is 0 Å². The molecular weight excluding hydrogens is 676 g/mol. The third kappa shape index (κ3) is 10.5. The monoisotopic (exact) mass is 734 g/mol. The molecule has 0 radical (unpaired) electrons. The highest BCUT2D eigenvalue weighted by Gasteiger charge is 2.51. The molecule has 12 nitrogen and oxygen atoms in total. The van der Waals surface area contributed by atoms with Crippen LogP contribution in [0.15, 0.2) is 42.5 Å². The standard InChI is InChI=1S/C41H58N4O8/c1-26-23-31(35(47)44-41(39(2,3)4)21-9-10-22-45(41)38(50)51)19-20-32(26)29-15-11-27(12-16-29)24-33(36(48)52-8)43-34(46)30-17-13-28(14-18-30)25-42-37(49)53-40(5,6)7/h11-12,15-16,19-20,23,28,30,33H,9-10,13-14,17-18,21-22,24-25H2,1-8H3,(H,42,49)(H,43,46)(H,44,47)(H,50,51)/t28-,30-,33-,41?/m0/s1. The first-order valence-electron chi connectivity index (χ1n) is 18.7. The molecule has 1 aliphatic heterocycles. The maximum Gasteiger partial charge on any atom is 0.409 e. The van der Waals surface area contributed by atoms with Crippen LogP contribution < -0.4 is 16.0 Å². The number of hydrogen-bond acceptors (Lipinski definition) is 7. The Balaban J connectivity index is 1.37. The molecule has 4 N–H and O–H groups in total. The highest BCUT2D eigenvalue weighted by Crippen LogP contribution is 2.41. The van der Waals surface area contributed by atoms with Crippen LogP contribution in [-0.2, 0) is 25.5 Å². The first kappa shape index (κ1) is 41.2. The van der Waals surface area contributed by atoms with E-state index < -0.39 is 40.9 Å². The minimum Gasteiger partial charge on any atom is -0.467 e. The lowest BCUT2D eigenvalue weighted by molar-refractivity contribution is -0.145. The average Bonchev–Trinajstić information content (AvgIpc) is 3.09. The molecular formula is C41H58N4O8. The number of nitrogens with one attached hydrogen (secondary N) is 3. The van der Waals surface area contributed by atoms with E-state index in [0.717, 1.165) is 47.9 Å². The van der Waals surface area contributed by atoms with Gasteiger partial charge in [0, 0.05) is 36.4 Å². The highest BCUT2D eigenvalue weighted by molar-refractivity contribution is 5.96. The molecule has 1 aliphatic carbocycles. The summed E-state index contributed by atoms with van der Waals surface area (Å²) in [5.41, 5.74) is 1.90. The van der Waals surface area contributed by atoms with Gasteiger partial charge in [-0.1, -0.05) is 51.1 Å². The third-order valence-corrected chi connectivity index (χ3v) is 10.6. The summed E-state index contributed by atoms with van der Waals surface area (Å²) >= 11 is 0. The summed E-state index contributed by atoms with van der Waals surface area (Å²) in [6, 6.07) is 12.3. The van der Waals surface area contributed by atoms with Gasteiger partial charge < -0.3 is 30.5 Å². The molecule has 4 amide bonds. The Kier molecular flexibility index (Phi) is 13.2. The lowest BCUT2D eigenvalue weighted by Crippen LogP contribution is -2.70. The zero-order chi connectivity index (χ0) is 39.1. The SMILES string of the molecule is COC(=O)[C@H](Cc1ccc(-c2ccc(C(=O)NC3(C(C)(C)C)CCCCN3C(=O)O)cc2C)cc1)NC(=O)[C@H]1CC[C@H](CNC(=O)OC(C)(C)C)CC1. The molecule has 2 aromatic rings.